The summed E-state index contributed by atoms with van der Waals surface area (Å²) in [5.41, 5.74) is 0. The number of esters is 2. The van der Waals surface area contributed by atoms with Gasteiger partial charge < -0.3 is 34.3 Å². The van der Waals surface area contributed by atoms with Crippen LogP contribution in [0.5, 0.6) is 0 Å². The highest BCUT2D eigenvalue weighted by molar-refractivity contribution is 7.85. The van der Waals surface area contributed by atoms with Gasteiger partial charge >= 0.3 is 11.9 Å². The fourth-order valence-electron chi connectivity index (χ4n) is 7.38. The van der Waals surface area contributed by atoms with Gasteiger partial charge in [0.25, 0.3) is 10.1 Å². The Morgan fingerprint density at radius 1 is 0.559 bits per heavy atom. The molecule has 2 unspecified atom stereocenters. The van der Waals surface area contributed by atoms with Crippen molar-refractivity contribution in [2.45, 2.75) is 250 Å². The minimum Gasteiger partial charge on any atom is -0.462 e. The van der Waals surface area contributed by atoms with Gasteiger partial charge in [-0.3, -0.25) is 14.1 Å². The highest BCUT2D eigenvalue weighted by atomic mass is 32.2. The summed E-state index contributed by atoms with van der Waals surface area (Å²) in [6, 6.07) is 0. The number of carbonyl (C=O) groups excluding carboxylic acids is 2. The molecule has 6 atom stereocenters. The Balaban J connectivity index is 2.43. The van der Waals surface area contributed by atoms with Gasteiger partial charge in [-0.15, -0.1) is 0 Å². The first kappa shape index (κ1) is 55.4. The molecule has 1 aliphatic heterocycles. The molecular formula is C46H86O12S. The summed E-state index contributed by atoms with van der Waals surface area (Å²) in [4.78, 5) is 25.4. The lowest BCUT2D eigenvalue weighted by Gasteiger charge is -2.40. The van der Waals surface area contributed by atoms with Crippen molar-refractivity contribution in [3.05, 3.63) is 12.2 Å². The third-order valence-corrected chi connectivity index (χ3v) is 11.8. The fourth-order valence-corrected chi connectivity index (χ4v) is 8.07. The van der Waals surface area contributed by atoms with E-state index in [1.165, 1.54) is 128 Å². The van der Waals surface area contributed by atoms with E-state index in [2.05, 4.69) is 26.0 Å². The maximum absolute atomic E-state index is 12.8. The molecule has 13 heteroatoms. The van der Waals surface area contributed by atoms with E-state index in [4.69, 9.17) is 18.9 Å². The predicted octanol–water partition coefficient (Wildman–Crippen LogP) is 9.84. The summed E-state index contributed by atoms with van der Waals surface area (Å²) >= 11 is 0. The van der Waals surface area contributed by atoms with Crippen LogP contribution in [-0.4, -0.2) is 96.0 Å². The molecule has 1 aliphatic rings. The average molecular weight is 863 g/mol. The summed E-state index contributed by atoms with van der Waals surface area (Å²) in [6.45, 7) is 3.77. The first-order valence-corrected chi connectivity index (χ1v) is 25.4. The number of allylic oxidation sites excluding steroid dienone is 2. The molecule has 348 valence electrons. The molecule has 1 heterocycles. The lowest BCUT2D eigenvalue weighted by atomic mass is 10.00. The standard InChI is InChI=1S/C46H86O12S/c1-3-5-7-9-11-13-15-17-19-21-23-25-27-29-31-33-35-42(48)57-39(37-56-46-45(51)44(50)43(49)40(58-46)38-59(52,53)54)36-55-41(47)34-32-30-28-26-24-22-20-18-16-14-12-10-8-6-4-2/h22,24,39-40,43-46,49-51H,3-21,23,25-38H2,1-2H3,(H,52,53,54)/b24-22+/t39-,40-,43-,44?,45?,46+/m1/s1. The molecule has 0 amide bonds. The Morgan fingerprint density at radius 3 is 1.42 bits per heavy atom. The Morgan fingerprint density at radius 2 is 0.966 bits per heavy atom. The number of unbranched alkanes of at least 4 members (excludes halogenated alkanes) is 26. The van der Waals surface area contributed by atoms with Gasteiger partial charge in [-0.05, 0) is 38.5 Å². The molecule has 1 saturated heterocycles. The zero-order valence-corrected chi connectivity index (χ0v) is 37.9. The van der Waals surface area contributed by atoms with Crippen LogP contribution in [0.4, 0.5) is 0 Å². The number of aliphatic hydroxyl groups excluding tert-OH is 3. The van der Waals surface area contributed by atoms with Crippen molar-refractivity contribution in [2.75, 3.05) is 19.0 Å². The monoisotopic (exact) mass is 863 g/mol. The molecule has 59 heavy (non-hydrogen) atoms. The molecule has 0 spiro atoms. The zero-order valence-electron chi connectivity index (χ0n) is 37.1. The largest absolute Gasteiger partial charge is 0.462 e. The number of ether oxygens (including phenoxy) is 4. The molecule has 4 N–H and O–H groups in total. The molecule has 0 radical (unpaired) electrons. The third-order valence-electron chi connectivity index (χ3n) is 11.1. The van der Waals surface area contributed by atoms with Gasteiger partial charge in [0.1, 0.15) is 36.8 Å². The van der Waals surface area contributed by atoms with Crippen molar-refractivity contribution in [3.8, 4) is 0 Å². The van der Waals surface area contributed by atoms with E-state index in [-0.39, 0.29) is 19.4 Å². The summed E-state index contributed by atoms with van der Waals surface area (Å²) in [5, 5.41) is 30.9. The molecule has 1 rings (SSSR count). The average Bonchev–Trinajstić information content (AvgIpc) is 3.20. The molecule has 0 bridgehead atoms. The van der Waals surface area contributed by atoms with Crippen LogP contribution < -0.4 is 0 Å². The lowest BCUT2D eigenvalue weighted by Crippen LogP contribution is -2.60. The Kier molecular flexibility index (Phi) is 34.7. The Hall–Kier alpha value is -1.61. The fraction of sp³-hybridized carbons (Fsp3) is 0.913. The van der Waals surface area contributed by atoms with Crippen LogP contribution >= 0.6 is 0 Å². The summed E-state index contributed by atoms with van der Waals surface area (Å²) in [7, 11) is -4.60. The number of aliphatic hydroxyl groups is 3. The molecule has 12 nitrogen and oxygen atoms in total. The second-order valence-corrected chi connectivity index (χ2v) is 18.3. The first-order chi connectivity index (χ1) is 28.5. The second-order valence-electron chi connectivity index (χ2n) is 16.8. The van der Waals surface area contributed by atoms with E-state index in [9.17, 15) is 37.9 Å². The van der Waals surface area contributed by atoms with E-state index in [1.54, 1.807) is 0 Å². The Labute approximate surface area is 358 Å². The van der Waals surface area contributed by atoms with Crippen LogP contribution in [0.2, 0.25) is 0 Å². The summed E-state index contributed by atoms with van der Waals surface area (Å²) in [5.74, 6) is -1.99. The minimum absolute atomic E-state index is 0.167. The molecule has 0 aliphatic carbocycles. The molecule has 1 fully saturated rings. The van der Waals surface area contributed by atoms with Crippen molar-refractivity contribution < 1.29 is 56.8 Å². The summed E-state index contributed by atoms with van der Waals surface area (Å²) in [6.07, 6.45) is 29.7. The van der Waals surface area contributed by atoms with Gasteiger partial charge in [0.15, 0.2) is 12.4 Å². The van der Waals surface area contributed by atoms with Gasteiger partial charge in [-0.2, -0.15) is 8.42 Å². The first-order valence-electron chi connectivity index (χ1n) is 23.7. The van der Waals surface area contributed by atoms with Gasteiger partial charge in [-0.1, -0.05) is 174 Å². The lowest BCUT2D eigenvalue weighted by molar-refractivity contribution is -0.297. The SMILES string of the molecule is CCCCCCCCCC/C=C/CCCCCC(=O)OC[C@H](CO[C@H]1O[C@H](CS(=O)(=O)O)[C@@H](O)C(O)C1O)OC(=O)CCCCCCCCCCCCCCCCCC. The van der Waals surface area contributed by atoms with Gasteiger partial charge in [-0.25, -0.2) is 0 Å². The van der Waals surface area contributed by atoms with Crippen LogP contribution in [0.25, 0.3) is 0 Å². The smallest absolute Gasteiger partial charge is 0.306 e. The highest BCUT2D eigenvalue weighted by Crippen LogP contribution is 2.24. The quantitative estimate of drug-likeness (QED) is 0.0198. The number of carbonyl (C=O) groups is 2. The molecule has 0 saturated carbocycles. The van der Waals surface area contributed by atoms with Crippen molar-refractivity contribution in [3.63, 3.8) is 0 Å². The molecule has 0 aromatic rings. The van der Waals surface area contributed by atoms with Crippen LogP contribution in [0.3, 0.4) is 0 Å². The predicted molar refractivity (Wildman–Crippen MR) is 234 cm³/mol. The van der Waals surface area contributed by atoms with Crippen molar-refractivity contribution >= 4 is 22.1 Å². The van der Waals surface area contributed by atoms with Gasteiger partial charge in [0.05, 0.1) is 6.61 Å². The molecular weight excluding hydrogens is 777 g/mol. The van der Waals surface area contributed by atoms with E-state index < -0.39 is 71.2 Å². The Bertz CT molecular complexity index is 1150. The van der Waals surface area contributed by atoms with Crippen LogP contribution in [-0.2, 0) is 38.7 Å². The van der Waals surface area contributed by atoms with Crippen molar-refractivity contribution in [1.29, 1.82) is 0 Å². The zero-order chi connectivity index (χ0) is 43.4. The maximum Gasteiger partial charge on any atom is 0.306 e. The summed E-state index contributed by atoms with van der Waals surface area (Å²) < 4.78 is 54.1. The van der Waals surface area contributed by atoms with Crippen LogP contribution in [0.15, 0.2) is 12.2 Å². The van der Waals surface area contributed by atoms with Crippen LogP contribution in [0, 0.1) is 0 Å². The number of rotatable bonds is 40. The number of hydrogen-bond donors (Lipinski definition) is 4. The van der Waals surface area contributed by atoms with Crippen LogP contribution in [0.1, 0.15) is 213 Å². The third kappa shape index (κ3) is 31.8. The van der Waals surface area contributed by atoms with E-state index in [1.807, 2.05) is 0 Å². The van der Waals surface area contributed by atoms with E-state index >= 15 is 0 Å². The van der Waals surface area contributed by atoms with E-state index in [0.29, 0.717) is 12.8 Å². The van der Waals surface area contributed by atoms with Crippen molar-refractivity contribution in [1.82, 2.24) is 0 Å². The topological polar surface area (TPSA) is 186 Å². The minimum atomic E-state index is -4.60. The number of hydrogen-bond acceptors (Lipinski definition) is 11. The van der Waals surface area contributed by atoms with Crippen molar-refractivity contribution in [2.24, 2.45) is 0 Å². The second kappa shape index (κ2) is 37.0. The molecule has 0 aromatic carbocycles. The molecule has 0 aromatic heterocycles. The van der Waals surface area contributed by atoms with Gasteiger partial charge in [0, 0.05) is 12.8 Å². The highest BCUT2D eigenvalue weighted by Gasteiger charge is 2.46. The van der Waals surface area contributed by atoms with E-state index in [0.717, 1.165) is 44.9 Å². The van der Waals surface area contributed by atoms with Gasteiger partial charge in [0.2, 0.25) is 0 Å². The normalized spacial score (nSPS) is 20.3. The maximum atomic E-state index is 12.8.